The standard InChI is InChI=1S/C24H23FN2O6S/c1-34(29,30)27(20-8-11-22-23(12-20)33-16-32-22)14-24(28)26-13-17-4-9-21(10-5-17)31-15-18-2-6-19(25)7-3-18/h2-12H,13-16H2,1H3,(H,26,28). The number of benzene rings is 3. The third kappa shape index (κ3) is 5.96. The lowest BCUT2D eigenvalue weighted by Crippen LogP contribution is -2.40. The van der Waals surface area contributed by atoms with Crippen LogP contribution in [0.2, 0.25) is 0 Å². The molecule has 1 aliphatic heterocycles. The Balaban J connectivity index is 1.32. The van der Waals surface area contributed by atoms with Crippen LogP contribution in [-0.2, 0) is 28.0 Å². The minimum atomic E-state index is -3.71. The van der Waals surface area contributed by atoms with Gasteiger partial charge in [-0.3, -0.25) is 9.10 Å². The van der Waals surface area contributed by atoms with E-state index in [9.17, 15) is 17.6 Å². The van der Waals surface area contributed by atoms with Gasteiger partial charge in [-0.05, 0) is 47.5 Å². The van der Waals surface area contributed by atoms with Crippen LogP contribution < -0.4 is 23.8 Å². The van der Waals surface area contributed by atoms with Crippen LogP contribution in [0.25, 0.3) is 0 Å². The van der Waals surface area contributed by atoms with Gasteiger partial charge in [0.15, 0.2) is 11.5 Å². The third-order valence-electron chi connectivity index (χ3n) is 5.06. The highest BCUT2D eigenvalue weighted by Gasteiger charge is 2.23. The molecule has 0 aliphatic carbocycles. The predicted octanol–water partition coefficient (Wildman–Crippen LogP) is 3.22. The summed E-state index contributed by atoms with van der Waals surface area (Å²) < 4.78 is 54.8. The van der Waals surface area contributed by atoms with Crippen LogP contribution in [0, 0.1) is 5.82 Å². The van der Waals surface area contributed by atoms with E-state index in [4.69, 9.17) is 14.2 Å². The molecule has 10 heteroatoms. The fourth-order valence-corrected chi connectivity index (χ4v) is 4.13. The summed E-state index contributed by atoms with van der Waals surface area (Å²) in [5.41, 5.74) is 1.97. The van der Waals surface area contributed by atoms with Gasteiger partial charge in [0.25, 0.3) is 0 Å². The topological polar surface area (TPSA) is 94.2 Å². The maximum atomic E-state index is 13.0. The number of sulfonamides is 1. The van der Waals surface area contributed by atoms with Crippen LogP contribution in [0.15, 0.2) is 66.7 Å². The molecular weight excluding hydrogens is 463 g/mol. The van der Waals surface area contributed by atoms with E-state index >= 15 is 0 Å². The number of fused-ring (bicyclic) bond motifs is 1. The highest BCUT2D eigenvalue weighted by molar-refractivity contribution is 7.92. The van der Waals surface area contributed by atoms with Gasteiger partial charge in [-0.15, -0.1) is 0 Å². The van der Waals surface area contributed by atoms with Crippen LogP contribution in [0.1, 0.15) is 11.1 Å². The van der Waals surface area contributed by atoms with Gasteiger partial charge in [0.1, 0.15) is 24.7 Å². The van der Waals surface area contributed by atoms with Crippen molar-refractivity contribution in [2.45, 2.75) is 13.2 Å². The molecule has 3 aromatic carbocycles. The molecule has 0 fully saturated rings. The molecule has 4 rings (SSSR count). The molecule has 0 radical (unpaired) electrons. The minimum Gasteiger partial charge on any atom is -0.489 e. The van der Waals surface area contributed by atoms with Gasteiger partial charge in [0, 0.05) is 12.6 Å². The summed E-state index contributed by atoms with van der Waals surface area (Å²) in [6, 6.07) is 17.9. The molecule has 1 N–H and O–H groups in total. The molecule has 8 nitrogen and oxygen atoms in total. The van der Waals surface area contributed by atoms with E-state index < -0.39 is 15.9 Å². The van der Waals surface area contributed by atoms with Gasteiger partial charge in [0.05, 0.1) is 11.9 Å². The molecule has 1 heterocycles. The second-order valence-corrected chi connectivity index (χ2v) is 9.55. The second kappa shape index (κ2) is 10.0. The van der Waals surface area contributed by atoms with E-state index in [1.165, 1.54) is 18.2 Å². The molecule has 0 saturated carbocycles. The summed E-state index contributed by atoms with van der Waals surface area (Å²) in [6.45, 7) is 0.207. The highest BCUT2D eigenvalue weighted by atomic mass is 32.2. The largest absolute Gasteiger partial charge is 0.489 e. The van der Waals surface area contributed by atoms with Crippen LogP contribution in [0.5, 0.6) is 17.2 Å². The monoisotopic (exact) mass is 486 g/mol. The van der Waals surface area contributed by atoms with Gasteiger partial charge in [-0.25, -0.2) is 12.8 Å². The number of nitrogens with one attached hydrogen (secondary N) is 1. The van der Waals surface area contributed by atoms with Crippen LogP contribution in [0.3, 0.4) is 0 Å². The first kappa shape index (κ1) is 23.4. The Morgan fingerprint density at radius 2 is 1.68 bits per heavy atom. The maximum absolute atomic E-state index is 13.0. The number of hydrogen-bond donors (Lipinski definition) is 1. The third-order valence-corrected chi connectivity index (χ3v) is 6.20. The molecule has 34 heavy (non-hydrogen) atoms. The van der Waals surface area contributed by atoms with Crippen molar-refractivity contribution in [2.24, 2.45) is 0 Å². The number of hydrogen-bond acceptors (Lipinski definition) is 6. The van der Waals surface area contributed by atoms with E-state index in [2.05, 4.69) is 5.32 Å². The summed E-state index contributed by atoms with van der Waals surface area (Å²) in [7, 11) is -3.71. The number of rotatable bonds is 9. The average Bonchev–Trinajstić information content (AvgIpc) is 3.29. The van der Waals surface area contributed by atoms with Gasteiger partial charge >= 0.3 is 0 Å². The Kier molecular flexibility index (Phi) is 6.87. The number of halogens is 1. The fourth-order valence-electron chi connectivity index (χ4n) is 3.28. The van der Waals surface area contributed by atoms with Crippen molar-refractivity contribution < 1.29 is 31.8 Å². The Hall–Kier alpha value is -3.79. The van der Waals surface area contributed by atoms with Gasteiger partial charge in [-0.1, -0.05) is 24.3 Å². The molecule has 0 unspecified atom stereocenters. The molecule has 0 atom stereocenters. The number of carbonyl (C=O) groups is 1. The molecule has 0 spiro atoms. The Bertz CT molecular complexity index is 1260. The second-order valence-electron chi connectivity index (χ2n) is 7.64. The summed E-state index contributed by atoms with van der Waals surface area (Å²) in [5, 5.41) is 2.73. The molecule has 178 valence electrons. The average molecular weight is 487 g/mol. The van der Waals surface area contributed by atoms with Crippen molar-refractivity contribution >= 4 is 21.6 Å². The van der Waals surface area contributed by atoms with E-state index in [0.29, 0.717) is 29.5 Å². The first-order valence-electron chi connectivity index (χ1n) is 10.4. The molecule has 3 aromatic rings. The maximum Gasteiger partial charge on any atom is 0.241 e. The number of carbonyl (C=O) groups excluding carboxylic acids is 1. The Morgan fingerprint density at radius 3 is 2.38 bits per heavy atom. The molecule has 0 aromatic heterocycles. The summed E-state index contributed by atoms with van der Waals surface area (Å²) in [5.74, 6) is 0.816. The Labute approximate surface area is 196 Å². The van der Waals surface area contributed by atoms with Gasteiger partial charge in [-0.2, -0.15) is 0 Å². The zero-order chi connectivity index (χ0) is 24.1. The zero-order valence-electron chi connectivity index (χ0n) is 18.4. The van der Waals surface area contributed by atoms with Crippen LogP contribution in [0.4, 0.5) is 10.1 Å². The van der Waals surface area contributed by atoms with Crippen molar-refractivity contribution in [1.82, 2.24) is 5.32 Å². The van der Waals surface area contributed by atoms with E-state index in [-0.39, 0.29) is 25.7 Å². The number of anilines is 1. The number of ether oxygens (including phenoxy) is 3. The van der Waals surface area contributed by atoms with Gasteiger partial charge < -0.3 is 19.5 Å². The molecule has 0 bridgehead atoms. The molecule has 0 saturated heterocycles. The SMILES string of the molecule is CS(=O)(=O)N(CC(=O)NCc1ccc(OCc2ccc(F)cc2)cc1)c1ccc2c(c1)OCO2. The lowest BCUT2D eigenvalue weighted by Gasteiger charge is -2.22. The van der Waals surface area contributed by atoms with Gasteiger partial charge in [0.2, 0.25) is 22.7 Å². The first-order valence-corrected chi connectivity index (χ1v) is 12.2. The first-order chi connectivity index (χ1) is 16.3. The number of nitrogens with zero attached hydrogens (tertiary/aromatic N) is 1. The normalized spacial score (nSPS) is 12.3. The lowest BCUT2D eigenvalue weighted by molar-refractivity contribution is -0.119. The van der Waals surface area contributed by atoms with Crippen LogP contribution >= 0.6 is 0 Å². The minimum absolute atomic E-state index is 0.0637. The molecule has 1 amide bonds. The summed E-state index contributed by atoms with van der Waals surface area (Å²) in [4.78, 5) is 12.5. The van der Waals surface area contributed by atoms with E-state index in [1.54, 1.807) is 48.5 Å². The van der Waals surface area contributed by atoms with Crippen molar-refractivity contribution in [3.63, 3.8) is 0 Å². The molecule has 1 aliphatic rings. The summed E-state index contributed by atoms with van der Waals surface area (Å²) >= 11 is 0. The van der Waals surface area contributed by atoms with Crippen LogP contribution in [-0.4, -0.2) is 33.9 Å². The molecular formula is C24H23FN2O6S. The zero-order valence-corrected chi connectivity index (χ0v) is 19.2. The number of amides is 1. The highest BCUT2D eigenvalue weighted by Crippen LogP contribution is 2.36. The smallest absolute Gasteiger partial charge is 0.241 e. The predicted molar refractivity (Wildman–Crippen MR) is 124 cm³/mol. The van der Waals surface area contributed by atoms with Crippen molar-refractivity contribution in [1.29, 1.82) is 0 Å². The van der Waals surface area contributed by atoms with E-state index in [1.807, 2.05) is 0 Å². The van der Waals surface area contributed by atoms with Crippen molar-refractivity contribution in [3.05, 3.63) is 83.7 Å². The summed E-state index contributed by atoms with van der Waals surface area (Å²) in [6.07, 6.45) is 1.04. The Morgan fingerprint density at radius 1 is 1.00 bits per heavy atom. The quantitative estimate of drug-likeness (QED) is 0.499. The van der Waals surface area contributed by atoms with Crippen molar-refractivity contribution in [3.8, 4) is 17.2 Å². The lowest BCUT2D eigenvalue weighted by atomic mass is 10.2. The van der Waals surface area contributed by atoms with E-state index in [0.717, 1.165) is 21.7 Å². The fraction of sp³-hybridized carbons (Fsp3) is 0.208. The van der Waals surface area contributed by atoms with Crippen molar-refractivity contribution in [2.75, 3.05) is 23.9 Å².